The van der Waals surface area contributed by atoms with E-state index in [0.717, 1.165) is 5.69 Å². The number of ether oxygens (including phenoxy) is 2. The predicted octanol–water partition coefficient (Wildman–Crippen LogP) is 4.21. The average Bonchev–Trinajstić information content (AvgIpc) is 2.75. The lowest BCUT2D eigenvalue weighted by atomic mass is 10.2. The third kappa shape index (κ3) is 4.63. The molecule has 0 atom stereocenters. The van der Waals surface area contributed by atoms with Crippen LogP contribution in [0, 0.1) is 6.92 Å². The normalized spacial score (nSPS) is 10.3. The van der Waals surface area contributed by atoms with Crippen LogP contribution in [-0.2, 0) is 0 Å². The average molecular weight is 392 g/mol. The molecule has 0 spiro atoms. The zero-order chi connectivity index (χ0) is 20.8. The molecule has 150 valence electrons. The van der Waals surface area contributed by atoms with E-state index in [2.05, 4.69) is 15.3 Å². The van der Waals surface area contributed by atoms with Gasteiger partial charge in [-0.1, -0.05) is 18.2 Å². The molecule has 0 unspecified atom stereocenters. The van der Waals surface area contributed by atoms with Crippen LogP contribution in [0.15, 0.2) is 54.6 Å². The second kappa shape index (κ2) is 9.05. The number of benzene rings is 2. The molecule has 0 aliphatic rings. The first-order chi connectivity index (χ1) is 14.0. The van der Waals surface area contributed by atoms with Gasteiger partial charge in [-0.3, -0.25) is 4.79 Å². The van der Waals surface area contributed by atoms with Gasteiger partial charge in [-0.2, -0.15) is 0 Å². The number of rotatable bonds is 7. The Labute approximate surface area is 170 Å². The van der Waals surface area contributed by atoms with Crippen LogP contribution in [-0.4, -0.2) is 36.6 Å². The van der Waals surface area contributed by atoms with Crippen molar-refractivity contribution in [3.63, 3.8) is 0 Å². The number of aromatic nitrogens is 2. The Kier molecular flexibility index (Phi) is 6.29. The maximum absolute atomic E-state index is 12.9. The molecular weight excluding hydrogens is 368 g/mol. The monoisotopic (exact) mass is 392 g/mol. The van der Waals surface area contributed by atoms with Gasteiger partial charge in [0, 0.05) is 24.4 Å². The number of nitrogens with zero attached hydrogens (tertiary/aromatic N) is 3. The van der Waals surface area contributed by atoms with E-state index < -0.39 is 0 Å². The van der Waals surface area contributed by atoms with Gasteiger partial charge in [0.1, 0.15) is 28.8 Å². The van der Waals surface area contributed by atoms with Gasteiger partial charge in [-0.15, -0.1) is 0 Å². The fraction of sp³-hybridized carbons (Fsp3) is 0.227. The minimum absolute atomic E-state index is 0.278. The topological polar surface area (TPSA) is 76.6 Å². The molecule has 1 amide bonds. The highest BCUT2D eigenvalue weighted by Crippen LogP contribution is 2.30. The standard InChI is InChI=1S/C22H24N4O3/c1-5-26(16-9-7-6-8-10-16)21-14-19(23-15(2)24-21)22(27)25-18-12-11-17(28-3)13-20(18)29-4/h6-14H,5H2,1-4H3,(H,25,27). The number of anilines is 3. The van der Waals surface area contributed by atoms with Crippen LogP contribution in [0.2, 0.25) is 0 Å². The summed E-state index contributed by atoms with van der Waals surface area (Å²) in [5.41, 5.74) is 1.81. The van der Waals surface area contributed by atoms with Crippen LogP contribution >= 0.6 is 0 Å². The summed E-state index contributed by atoms with van der Waals surface area (Å²) in [5, 5.41) is 2.85. The summed E-state index contributed by atoms with van der Waals surface area (Å²) >= 11 is 0. The van der Waals surface area contributed by atoms with Crippen LogP contribution in [0.4, 0.5) is 17.2 Å². The van der Waals surface area contributed by atoms with Crippen LogP contribution in [0.3, 0.4) is 0 Å². The highest BCUT2D eigenvalue weighted by Gasteiger charge is 2.17. The van der Waals surface area contributed by atoms with Gasteiger partial charge in [0.2, 0.25) is 0 Å². The molecule has 0 bridgehead atoms. The van der Waals surface area contributed by atoms with Gasteiger partial charge in [-0.25, -0.2) is 9.97 Å². The van der Waals surface area contributed by atoms with Crippen molar-refractivity contribution in [1.82, 2.24) is 9.97 Å². The summed E-state index contributed by atoms with van der Waals surface area (Å²) in [7, 11) is 3.11. The second-order valence-corrected chi connectivity index (χ2v) is 6.26. The van der Waals surface area contributed by atoms with Crippen molar-refractivity contribution in [1.29, 1.82) is 0 Å². The largest absolute Gasteiger partial charge is 0.497 e. The Bertz CT molecular complexity index is 993. The van der Waals surface area contributed by atoms with Gasteiger partial charge in [0.25, 0.3) is 5.91 Å². The van der Waals surface area contributed by atoms with Gasteiger partial charge < -0.3 is 19.7 Å². The first-order valence-electron chi connectivity index (χ1n) is 9.27. The number of para-hydroxylation sites is 1. The molecule has 3 rings (SSSR count). The Morgan fingerprint density at radius 1 is 1.03 bits per heavy atom. The summed E-state index contributed by atoms with van der Waals surface area (Å²) in [6.07, 6.45) is 0. The van der Waals surface area contributed by atoms with E-state index in [9.17, 15) is 4.79 Å². The molecule has 0 fully saturated rings. The maximum Gasteiger partial charge on any atom is 0.274 e. The molecule has 0 aliphatic heterocycles. The molecule has 7 nitrogen and oxygen atoms in total. The van der Waals surface area contributed by atoms with Crippen molar-refractivity contribution >= 4 is 23.1 Å². The lowest BCUT2D eigenvalue weighted by Gasteiger charge is -2.22. The Hall–Kier alpha value is -3.61. The van der Waals surface area contributed by atoms with Crippen molar-refractivity contribution in [2.45, 2.75) is 13.8 Å². The number of aryl methyl sites for hydroxylation is 1. The molecule has 7 heteroatoms. The number of carbonyl (C=O) groups is 1. The molecule has 1 heterocycles. The zero-order valence-corrected chi connectivity index (χ0v) is 17.0. The molecular formula is C22H24N4O3. The van der Waals surface area contributed by atoms with Crippen molar-refractivity contribution in [2.24, 2.45) is 0 Å². The van der Waals surface area contributed by atoms with E-state index in [4.69, 9.17) is 9.47 Å². The first kappa shape index (κ1) is 20.1. The minimum atomic E-state index is -0.343. The molecule has 3 aromatic rings. The Balaban J connectivity index is 1.90. The smallest absolute Gasteiger partial charge is 0.274 e. The molecule has 0 saturated heterocycles. The van der Waals surface area contributed by atoms with E-state index in [1.807, 2.05) is 42.2 Å². The van der Waals surface area contributed by atoms with Gasteiger partial charge >= 0.3 is 0 Å². The molecule has 1 N–H and O–H groups in total. The molecule has 0 radical (unpaired) electrons. The lowest BCUT2D eigenvalue weighted by Crippen LogP contribution is -2.21. The van der Waals surface area contributed by atoms with Crippen molar-refractivity contribution in [2.75, 3.05) is 31.0 Å². The fourth-order valence-electron chi connectivity index (χ4n) is 2.98. The Morgan fingerprint density at radius 3 is 2.45 bits per heavy atom. The van der Waals surface area contributed by atoms with Crippen molar-refractivity contribution < 1.29 is 14.3 Å². The molecule has 1 aromatic heterocycles. The number of nitrogens with one attached hydrogen (secondary N) is 1. The summed E-state index contributed by atoms with van der Waals surface area (Å²) in [6, 6.07) is 16.8. The third-order valence-corrected chi connectivity index (χ3v) is 4.37. The number of hydrogen-bond donors (Lipinski definition) is 1. The third-order valence-electron chi connectivity index (χ3n) is 4.37. The summed E-state index contributed by atoms with van der Waals surface area (Å²) in [5.74, 6) is 1.98. The van der Waals surface area contributed by atoms with Crippen molar-refractivity contribution in [3.05, 3.63) is 66.1 Å². The maximum atomic E-state index is 12.9. The molecule has 0 saturated carbocycles. The van der Waals surface area contributed by atoms with Gasteiger partial charge in [0.05, 0.1) is 19.9 Å². The van der Waals surface area contributed by atoms with Crippen LogP contribution in [0.5, 0.6) is 11.5 Å². The molecule has 0 aliphatic carbocycles. The van der Waals surface area contributed by atoms with E-state index in [-0.39, 0.29) is 11.6 Å². The number of amides is 1. The summed E-state index contributed by atoms with van der Waals surface area (Å²) in [6.45, 7) is 4.51. The molecule has 29 heavy (non-hydrogen) atoms. The molecule has 2 aromatic carbocycles. The zero-order valence-electron chi connectivity index (χ0n) is 17.0. The number of hydrogen-bond acceptors (Lipinski definition) is 6. The van der Waals surface area contributed by atoms with Gasteiger partial charge in [-0.05, 0) is 38.1 Å². The number of methoxy groups -OCH3 is 2. The van der Waals surface area contributed by atoms with E-state index in [1.54, 1.807) is 38.3 Å². The van der Waals surface area contributed by atoms with Crippen molar-refractivity contribution in [3.8, 4) is 11.5 Å². The lowest BCUT2D eigenvalue weighted by molar-refractivity contribution is 0.102. The van der Waals surface area contributed by atoms with Crippen LogP contribution < -0.4 is 19.7 Å². The summed E-state index contributed by atoms with van der Waals surface area (Å²) in [4.78, 5) is 23.7. The highest BCUT2D eigenvalue weighted by atomic mass is 16.5. The highest BCUT2D eigenvalue weighted by molar-refractivity contribution is 6.04. The predicted molar refractivity (Wildman–Crippen MR) is 113 cm³/mol. The van der Waals surface area contributed by atoms with Gasteiger partial charge in [0.15, 0.2) is 0 Å². The van der Waals surface area contributed by atoms with E-state index in [1.165, 1.54) is 7.11 Å². The quantitative estimate of drug-likeness (QED) is 0.649. The van der Waals surface area contributed by atoms with Crippen LogP contribution in [0.1, 0.15) is 23.2 Å². The van der Waals surface area contributed by atoms with E-state index in [0.29, 0.717) is 35.4 Å². The number of carbonyl (C=O) groups excluding carboxylic acids is 1. The minimum Gasteiger partial charge on any atom is -0.497 e. The second-order valence-electron chi connectivity index (χ2n) is 6.26. The Morgan fingerprint density at radius 2 is 1.79 bits per heavy atom. The fourth-order valence-corrected chi connectivity index (χ4v) is 2.98. The van der Waals surface area contributed by atoms with E-state index >= 15 is 0 Å². The van der Waals surface area contributed by atoms with Crippen LogP contribution in [0.25, 0.3) is 0 Å². The summed E-state index contributed by atoms with van der Waals surface area (Å²) < 4.78 is 10.5. The first-order valence-corrected chi connectivity index (χ1v) is 9.27. The SMILES string of the molecule is CCN(c1ccccc1)c1cc(C(=O)Nc2ccc(OC)cc2OC)nc(C)n1.